The summed E-state index contributed by atoms with van der Waals surface area (Å²) in [5.74, 6) is 0.901. The van der Waals surface area contributed by atoms with Gasteiger partial charge < -0.3 is 20.3 Å². The van der Waals surface area contributed by atoms with Gasteiger partial charge in [-0.15, -0.1) is 11.8 Å². The summed E-state index contributed by atoms with van der Waals surface area (Å²) >= 11 is 1.70. The molecule has 1 aliphatic rings. The number of nitrogens with zero attached hydrogens (tertiary/aromatic N) is 1. The van der Waals surface area contributed by atoms with Gasteiger partial charge in [0.1, 0.15) is 0 Å². The normalized spacial score (nSPS) is 21.6. The first-order valence-electron chi connectivity index (χ1n) is 12.6. The highest BCUT2D eigenvalue weighted by Gasteiger charge is 2.38. The van der Waals surface area contributed by atoms with E-state index in [0.717, 1.165) is 44.2 Å². The zero-order valence-corrected chi connectivity index (χ0v) is 21.7. The van der Waals surface area contributed by atoms with Crippen LogP contribution in [0.1, 0.15) is 41.6 Å². The lowest BCUT2D eigenvalue weighted by atomic mass is 9.91. The molecule has 3 aromatic carbocycles. The van der Waals surface area contributed by atoms with Crippen LogP contribution in [0.3, 0.4) is 0 Å². The lowest BCUT2D eigenvalue weighted by Gasteiger charge is -2.41. The molecule has 6 heteroatoms. The number of pyridine rings is 1. The van der Waals surface area contributed by atoms with E-state index in [9.17, 15) is 5.11 Å². The number of aliphatic hydroxyl groups excluding tert-OH is 1. The number of ether oxygens (including phenoxy) is 2. The van der Waals surface area contributed by atoms with Crippen LogP contribution in [0, 0.1) is 5.92 Å². The Labute approximate surface area is 222 Å². The van der Waals surface area contributed by atoms with Gasteiger partial charge in [-0.1, -0.05) is 79.7 Å². The van der Waals surface area contributed by atoms with E-state index in [2.05, 4.69) is 48.3 Å². The molecule has 1 fully saturated rings. The fraction of sp³-hybridized carbons (Fsp3) is 0.258. The molecule has 4 aromatic rings. The minimum Gasteiger partial charge on any atom is -0.392 e. The molecule has 5 rings (SSSR count). The lowest BCUT2D eigenvalue weighted by Crippen LogP contribution is -2.38. The number of thioether (sulfide) groups is 1. The second-order valence-electron chi connectivity index (χ2n) is 9.33. The molecule has 2 heterocycles. The highest BCUT2D eigenvalue weighted by Crippen LogP contribution is 2.43. The third kappa shape index (κ3) is 6.12. The van der Waals surface area contributed by atoms with E-state index in [1.54, 1.807) is 11.8 Å². The van der Waals surface area contributed by atoms with Gasteiger partial charge >= 0.3 is 0 Å². The van der Waals surface area contributed by atoms with Gasteiger partial charge in [0, 0.05) is 30.0 Å². The zero-order valence-electron chi connectivity index (χ0n) is 20.9. The van der Waals surface area contributed by atoms with Crippen LogP contribution in [0.25, 0.3) is 11.1 Å². The average Bonchev–Trinajstić information content (AvgIpc) is 2.97. The summed E-state index contributed by atoms with van der Waals surface area (Å²) in [6, 6.07) is 30.6. The molecule has 0 radical (unpaired) electrons. The average molecular weight is 513 g/mol. The van der Waals surface area contributed by atoms with Crippen molar-refractivity contribution in [3.8, 4) is 11.1 Å². The fourth-order valence-electron chi connectivity index (χ4n) is 4.62. The maximum Gasteiger partial charge on any atom is 0.184 e. The number of nitrogens with two attached hydrogens (primary N) is 1. The van der Waals surface area contributed by atoms with Crippen LogP contribution in [-0.4, -0.2) is 21.9 Å². The summed E-state index contributed by atoms with van der Waals surface area (Å²) in [6.07, 6.45) is 1.16. The maximum absolute atomic E-state index is 9.47. The summed E-state index contributed by atoms with van der Waals surface area (Å²) in [7, 11) is 0. The Bertz CT molecular complexity index is 1280. The molecule has 1 aromatic heterocycles. The highest BCUT2D eigenvalue weighted by atomic mass is 32.2. The highest BCUT2D eigenvalue weighted by molar-refractivity contribution is 7.99. The Morgan fingerprint density at radius 2 is 1.62 bits per heavy atom. The van der Waals surface area contributed by atoms with E-state index in [0.29, 0.717) is 6.54 Å². The van der Waals surface area contributed by atoms with Crippen molar-refractivity contribution in [3.05, 3.63) is 119 Å². The molecule has 0 spiro atoms. The van der Waals surface area contributed by atoms with Crippen LogP contribution in [-0.2, 0) is 22.6 Å². The summed E-state index contributed by atoms with van der Waals surface area (Å²) in [5, 5.41) is 10.5. The Morgan fingerprint density at radius 3 is 2.32 bits per heavy atom. The second-order valence-corrected chi connectivity index (χ2v) is 10.4. The van der Waals surface area contributed by atoms with Gasteiger partial charge in [0.15, 0.2) is 6.29 Å². The van der Waals surface area contributed by atoms with Gasteiger partial charge in [0.2, 0.25) is 0 Å². The van der Waals surface area contributed by atoms with Crippen molar-refractivity contribution < 1.29 is 14.6 Å². The van der Waals surface area contributed by atoms with E-state index in [1.165, 1.54) is 0 Å². The molecule has 0 amide bonds. The van der Waals surface area contributed by atoms with Crippen LogP contribution in [0.4, 0.5) is 0 Å². The minimum absolute atomic E-state index is 0.0248. The molecule has 3 N–H and O–H groups in total. The van der Waals surface area contributed by atoms with Gasteiger partial charge in [-0.25, -0.2) is 4.98 Å². The Kier molecular flexibility index (Phi) is 8.34. The minimum atomic E-state index is -0.488. The zero-order chi connectivity index (χ0) is 25.6. The lowest BCUT2D eigenvalue weighted by molar-refractivity contribution is -0.268. The van der Waals surface area contributed by atoms with Crippen LogP contribution in [0.2, 0.25) is 0 Å². The Morgan fingerprint density at radius 1 is 0.838 bits per heavy atom. The van der Waals surface area contributed by atoms with Crippen molar-refractivity contribution in [1.29, 1.82) is 0 Å². The molecule has 0 aliphatic carbocycles. The van der Waals surface area contributed by atoms with Gasteiger partial charge in [0.25, 0.3) is 0 Å². The third-order valence-corrected chi connectivity index (χ3v) is 7.87. The Hall–Kier alpha value is -3.00. The van der Waals surface area contributed by atoms with Gasteiger partial charge in [0.05, 0.1) is 23.8 Å². The molecule has 1 aliphatic heterocycles. The van der Waals surface area contributed by atoms with Crippen molar-refractivity contribution in [1.82, 2.24) is 4.98 Å². The first-order chi connectivity index (χ1) is 18.1. The maximum atomic E-state index is 9.47. The summed E-state index contributed by atoms with van der Waals surface area (Å²) < 4.78 is 13.1. The topological polar surface area (TPSA) is 77.6 Å². The van der Waals surface area contributed by atoms with Crippen molar-refractivity contribution >= 4 is 11.8 Å². The molecule has 190 valence electrons. The quantitative estimate of drug-likeness (QED) is 0.271. The summed E-state index contributed by atoms with van der Waals surface area (Å²) in [6.45, 7) is 2.72. The second kappa shape index (κ2) is 12.0. The predicted octanol–water partition coefficient (Wildman–Crippen LogP) is 6.28. The molecular weight excluding hydrogens is 480 g/mol. The molecule has 5 nitrogen and oxygen atoms in total. The first kappa shape index (κ1) is 25.6. The molecule has 1 saturated heterocycles. The number of rotatable bonds is 8. The van der Waals surface area contributed by atoms with Gasteiger partial charge in [-0.3, -0.25) is 0 Å². The van der Waals surface area contributed by atoms with Crippen molar-refractivity contribution in [3.63, 3.8) is 0 Å². The van der Waals surface area contributed by atoms with Crippen molar-refractivity contribution in [2.75, 3.05) is 5.75 Å². The number of hydrogen-bond donors (Lipinski definition) is 2. The first-order valence-corrected chi connectivity index (χ1v) is 13.6. The van der Waals surface area contributed by atoms with Crippen molar-refractivity contribution in [2.45, 2.75) is 43.6 Å². The molecular formula is C31H32N2O3S. The predicted molar refractivity (Wildman–Crippen MR) is 148 cm³/mol. The number of aromatic nitrogens is 1. The standard InChI is InChI=1S/C31H32N2O3S/c1-21-28(20-37-29-7-2-3-16-33-29)35-31(36-30(21)25-10-8-22(19-34)9-11-25)26-14-12-24(13-15-26)27-6-4-5-23(17-27)18-32/h2-17,21,28,30-31,34H,18-20,32H2,1H3. The number of benzene rings is 3. The van der Waals surface area contributed by atoms with Crippen LogP contribution < -0.4 is 5.73 Å². The van der Waals surface area contributed by atoms with E-state index in [1.807, 2.05) is 60.8 Å². The van der Waals surface area contributed by atoms with Crippen LogP contribution in [0.5, 0.6) is 0 Å². The van der Waals surface area contributed by atoms with Gasteiger partial charge in [-0.05, 0) is 46.0 Å². The molecule has 37 heavy (non-hydrogen) atoms. The molecule has 4 unspecified atom stereocenters. The monoisotopic (exact) mass is 512 g/mol. The molecule has 0 saturated carbocycles. The molecule has 0 bridgehead atoms. The van der Waals surface area contributed by atoms with E-state index >= 15 is 0 Å². The fourth-order valence-corrected chi connectivity index (χ4v) is 5.65. The molecule has 4 atom stereocenters. The third-order valence-electron chi connectivity index (χ3n) is 6.84. The SMILES string of the molecule is CC1C(CSc2ccccn2)OC(c2ccc(-c3cccc(CN)c3)cc2)OC1c1ccc(CO)cc1. The summed E-state index contributed by atoms with van der Waals surface area (Å²) in [5.41, 5.74) is 12.2. The number of aliphatic hydroxyl groups is 1. The van der Waals surface area contributed by atoms with E-state index in [-0.39, 0.29) is 24.7 Å². The largest absolute Gasteiger partial charge is 0.392 e. The van der Waals surface area contributed by atoms with Crippen molar-refractivity contribution in [2.24, 2.45) is 11.7 Å². The summed E-state index contributed by atoms with van der Waals surface area (Å²) in [4.78, 5) is 4.46. The van der Waals surface area contributed by atoms with E-state index in [4.69, 9.17) is 15.2 Å². The van der Waals surface area contributed by atoms with Gasteiger partial charge in [-0.2, -0.15) is 0 Å². The van der Waals surface area contributed by atoms with Crippen LogP contribution in [0.15, 0.2) is 102 Å². The van der Waals surface area contributed by atoms with E-state index < -0.39 is 6.29 Å². The van der Waals surface area contributed by atoms with Crippen LogP contribution >= 0.6 is 11.8 Å². The smallest absolute Gasteiger partial charge is 0.184 e. The number of hydrogen-bond acceptors (Lipinski definition) is 6. The Balaban J connectivity index is 1.39.